The average Bonchev–Trinajstić information content (AvgIpc) is 3.39. The standard InChI is InChI=1S/C27H49N4O4PS/c1-21(2)31(22(3)4)36(35-18-12-15-28-5)34-17-11-7-6-10-16-29-25(32)14-9-8-13-24-27-23(20-37-24)19-26(33)30-27/h21-24,27H,6-20H2,1-4H3,(H,29,32)(H,30,33). The molecule has 2 fully saturated rings. The van der Waals surface area contributed by atoms with E-state index in [1.165, 1.54) is 0 Å². The molecule has 0 aromatic heterocycles. The smallest absolute Gasteiger partial charge is 0.259 e. The van der Waals surface area contributed by atoms with Crippen molar-refractivity contribution in [2.45, 2.75) is 115 Å². The minimum atomic E-state index is -1.12. The Labute approximate surface area is 230 Å². The van der Waals surface area contributed by atoms with Gasteiger partial charge in [0, 0.05) is 49.2 Å². The summed E-state index contributed by atoms with van der Waals surface area (Å²) in [5, 5.41) is 6.72. The maximum Gasteiger partial charge on any atom is 0.259 e. The summed E-state index contributed by atoms with van der Waals surface area (Å²) in [6, 6.07) is 1.02. The normalized spacial score (nSPS) is 21.9. The Morgan fingerprint density at radius 3 is 2.51 bits per heavy atom. The molecule has 2 heterocycles. The first-order chi connectivity index (χ1) is 17.8. The number of amides is 2. The van der Waals surface area contributed by atoms with Crippen molar-refractivity contribution in [2.24, 2.45) is 5.92 Å². The van der Waals surface area contributed by atoms with E-state index in [1.807, 2.05) is 11.8 Å². The summed E-state index contributed by atoms with van der Waals surface area (Å²) >= 11 is 1.99. The third-order valence-electron chi connectivity index (χ3n) is 6.81. The fourth-order valence-corrected chi connectivity index (χ4v) is 8.32. The van der Waals surface area contributed by atoms with Crippen LogP contribution in [-0.4, -0.2) is 71.9 Å². The van der Waals surface area contributed by atoms with Gasteiger partial charge in [-0.1, -0.05) is 19.3 Å². The van der Waals surface area contributed by atoms with Crippen LogP contribution in [0.5, 0.6) is 0 Å². The highest BCUT2D eigenvalue weighted by atomic mass is 32.2. The molecule has 0 radical (unpaired) electrons. The molecule has 0 saturated carbocycles. The molecule has 0 spiro atoms. The highest BCUT2D eigenvalue weighted by molar-refractivity contribution is 8.00. The highest BCUT2D eigenvalue weighted by Crippen LogP contribution is 2.46. The van der Waals surface area contributed by atoms with E-state index >= 15 is 0 Å². The van der Waals surface area contributed by atoms with E-state index < -0.39 is 8.53 Å². The molecule has 4 unspecified atom stereocenters. The molecule has 2 rings (SSSR count). The minimum absolute atomic E-state index is 0.151. The molecule has 8 nitrogen and oxygen atoms in total. The summed E-state index contributed by atoms with van der Waals surface area (Å²) in [6.07, 6.45) is 9.16. The zero-order chi connectivity index (χ0) is 27.0. The van der Waals surface area contributed by atoms with E-state index in [0.29, 0.717) is 61.9 Å². The second kappa shape index (κ2) is 18.4. The Bertz CT molecular complexity index is 713. The topological polar surface area (TPSA) is 84.3 Å². The molecule has 0 aliphatic carbocycles. The summed E-state index contributed by atoms with van der Waals surface area (Å²) in [7, 11) is -1.12. The van der Waals surface area contributed by atoms with Crippen LogP contribution in [0.3, 0.4) is 0 Å². The predicted octanol–water partition coefficient (Wildman–Crippen LogP) is 5.53. The van der Waals surface area contributed by atoms with Gasteiger partial charge in [-0.3, -0.25) is 9.59 Å². The molecular weight excluding hydrogens is 507 g/mol. The number of thioether (sulfide) groups is 1. The summed E-state index contributed by atoms with van der Waals surface area (Å²) in [4.78, 5) is 27.1. The van der Waals surface area contributed by atoms with Crippen molar-refractivity contribution in [3.63, 3.8) is 0 Å². The van der Waals surface area contributed by atoms with Gasteiger partial charge in [0.2, 0.25) is 18.4 Å². The van der Waals surface area contributed by atoms with Crippen molar-refractivity contribution in [3.8, 4) is 0 Å². The van der Waals surface area contributed by atoms with Gasteiger partial charge in [0.25, 0.3) is 8.53 Å². The van der Waals surface area contributed by atoms with Crippen molar-refractivity contribution in [3.05, 3.63) is 11.4 Å². The van der Waals surface area contributed by atoms with Crippen LogP contribution in [0, 0.1) is 12.5 Å². The third kappa shape index (κ3) is 12.2. The minimum Gasteiger partial charge on any atom is -0.356 e. The molecule has 10 heteroatoms. The molecular formula is C27H49N4O4PS. The van der Waals surface area contributed by atoms with Gasteiger partial charge < -0.3 is 24.5 Å². The second-order valence-corrected chi connectivity index (χ2v) is 13.4. The fourth-order valence-electron chi connectivity index (χ4n) is 5.00. The number of fused-ring (bicyclic) bond motifs is 1. The van der Waals surface area contributed by atoms with Gasteiger partial charge in [-0.2, -0.15) is 11.8 Å². The van der Waals surface area contributed by atoms with E-state index in [0.717, 1.165) is 63.7 Å². The summed E-state index contributed by atoms with van der Waals surface area (Å²) < 4.78 is 14.5. The predicted molar refractivity (Wildman–Crippen MR) is 153 cm³/mol. The SMILES string of the molecule is [C-]#[N+]CCCOP(OCCCCCCNC(=O)CCCCC1SCC2CC(=O)NC21)N(C(C)C)C(C)C. The fraction of sp³-hybridized carbons (Fsp3) is 0.889. The lowest BCUT2D eigenvalue weighted by Gasteiger charge is -2.35. The number of rotatable bonds is 20. The molecule has 2 saturated heterocycles. The largest absolute Gasteiger partial charge is 0.356 e. The third-order valence-corrected chi connectivity index (χ3v) is 10.5. The Hall–Kier alpha value is -0.910. The first-order valence-electron chi connectivity index (χ1n) is 14.2. The molecule has 0 aromatic rings. The maximum absolute atomic E-state index is 12.1. The molecule has 4 atom stereocenters. The number of nitrogens with one attached hydrogen (secondary N) is 2. The van der Waals surface area contributed by atoms with Crippen molar-refractivity contribution in [2.75, 3.05) is 32.1 Å². The van der Waals surface area contributed by atoms with Crippen molar-refractivity contribution in [1.82, 2.24) is 15.3 Å². The van der Waals surface area contributed by atoms with Crippen LogP contribution < -0.4 is 10.6 Å². The van der Waals surface area contributed by atoms with Crippen LogP contribution in [0.25, 0.3) is 4.85 Å². The molecule has 2 aliphatic rings. The number of nitrogens with zero attached hydrogens (tertiary/aromatic N) is 2. The summed E-state index contributed by atoms with van der Waals surface area (Å²) in [6.45, 7) is 18.0. The lowest BCUT2D eigenvalue weighted by atomic mass is 9.97. The maximum atomic E-state index is 12.1. The Balaban J connectivity index is 1.48. The Kier molecular flexibility index (Phi) is 16.1. The highest BCUT2D eigenvalue weighted by Gasteiger charge is 2.42. The molecule has 2 aliphatic heterocycles. The summed E-state index contributed by atoms with van der Waals surface area (Å²) in [5.74, 6) is 1.97. The van der Waals surface area contributed by atoms with Gasteiger partial charge in [0.1, 0.15) is 0 Å². The monoisotopic (exact) mass is 556 g/mol. The molecule has 37 heavy (non-hydrogen) atoms. The number of hydrogen-bond donors (Lipinski definition) is 2. The van der Waals surface area contributed by atoms with Gasteiger partial charge in [-0.25, -0.2) is 11.2 Å². The van der Waals surface area contributed by atoms with Gasteiger partial charge >= 0.3 is 0 Å². The average molecular weight is 557 g/mol. The molecule has 0 aromatic carbocycles. The molecule has 0 bridgehead atoms. The van der Waals surface area contributed by atoms with Crippen molar-refractivity contribution < 1.29 is 18.6 Å². The van der Waals surface area contributed by atoms with E-state index in [2.05, 4.69) is 47.8 Å². The van der Waals surface area contributed by atoms with Gasteiger partial charge in [0.05, 0.1) is 13.2 Å². The van der Waals surface area contributed by atoms with E-state index in [9.17, 15) is 9.59 Å². The Morgan fingerprint density at radius 1 is 1.11 bits per heavy atom. The quantitative estimate of drug-likeness (QED) is 0.117. The van der Waals surface area contributed by atoms with E-state index in [-0.39, 0.29) is 11.8 Å². The number of hydrogen-bond acceptors (Lipinski definition) is 6. The summed E-state index contributed by atoms with van der Waals surface area (Å²) in [5.41, 5.74) is 0. The lowest BCUT2D eigenvalue weighted by molar-refractivity contribution is -0.121. The lowest BCUT2D eigenvalue weighted by Crippen LogP contribution is -2.34. The zero-order valence-corrected chi connectivity index (χ0v) is 25.1. The van der Waals surface area contributed by atoms with Crippen molar-refractivity contribution in [1.29, 1.82) is 0 Å². The first-order valence-corrected chi connectivity index (χ1v) is 16.4. The number of carbonyl (C=O) groups excluding carboxylic acids is 2. The van der Waals surface area contributed by atoms with Crippen molar-refractivity contribution >= 4 is 32.1 Å². The van der Waals surface area contributed by atoms with Crippen LogP contribution in [0.4, 0.5) is 0 Å². The second-order valence-electron chi connectivity index (χ2n) is 10.6. The van der Waals surface area contributed by atoms with Crippen LogP contribution >= 0.6 is 20.3 Å². The van der Waals surface area contributed by atoms with Gasteiger partial charge in [-0.15, -0.1) is 0 Å². The molecule has 212 valence electrons. The van der Waals surface area contributed by atoms with Gasteiger partial charge in [0.15, 0.2) is 0 Å². The molecule has 2 N–H and O–H groups in total. The van der Waals surface area contributed by atoms with E-state index in [1.54, 1.807) is 0 Å². The van der Waals surface area contributed by atoms with Crippen LogP contribution in [0.2, 0.25) is 0 Å². The van der Waals surface area contributed by atoms with E-state index in [4.69, 9.17) is 15.6 Å². The van der Waals surface area contributed by atoms with Crippen LogP contribution in [0.15, 0.2) is 0 Å². The van der Waals surface area contributed by atoms with Crippen LogP contribution in [-0.2, 0) is 18.6 Å². The molecule has 2 amide bonds. The van der Waals surface area contributed by atoms with Crippen LogP contribution in [0.1, 0.15) is 91.9 Å². The Morgan fingerprint density at radius 2 is 1.81 bits per heavy atom. The first kappa shape index (κ1) is 32.3. The number of unbranched alkanes of at least 4 members (excludes halogenated alkanes) is 4. The number of carbonyl (C=O) groups is 2. The van der Waals surface area contributed by atoms with Gasteiger partial charge in [-0.05, 0) is 65.0 Å². The zero-order valence-electron chi connectivity index (χ0n) is 23.4.